The molecule has 0 saturated carbocycles. The Morgan fingerprint density at radius 1 is 0.714 bits per heavy atom. The second-order valence-electron chi connectivity index (χ2n) is 4.22. The molecule has 0 aliphatic carbocycles. The van der Waals surface area contributed by atoms with Crippen molar-refractivity contribution in [3.05, 3.63) is 61.2 Å². The van der Waals surface area contributed by atoms with Gasteiger partial charge in [0.1, 0.15) is 0 Å². The molecule has 4 aromatic rings. The predicted octanol–water partition coefficient (Wildman–Crippen LogP) is 3.17. The third-order valence-corrected chi connectivity index (χ3v) is 2.55. The maximum absolute atomic E-state index is 4.01. The number of fused-ring (bicyclic) bond motifs is 2. The van der Waals surface area contributed by atoms with Crippen molar-refractivity contribution in [2.24, 2.45) is 0 Å². The zero-order valence-electron chi connectivity index (χ0n) is 12.1. The number of nitrogens with zero attached hydrogens (tertiary/aromatic N) is 4. The minimum atomic E-state index is 0.230. The summed E-state index contributed by atoms with van der Waals surface area (Å²) in [5.74, 6) is 0. The van der Waals surface area contributed by atoms with Crippen LogP contribution in [0, 0.1) is 0 Å². The predicted molar refractivity (Wildman–Crippen MR) is 87.6 cm³/mol. The van der Waals surface area contributed by atoms with Crippen LogP contribution in [-0.4, -0.2) is 31.1 Å². The van der Waals surface area contributed by atoms with E-state index in [0.717, 1.165) is 22.1 Å². The topological polar surface area (TPSA) is 54.0 Å². The summed E-state index contributed by atoms with van der Waals surface area (Å²) in [4.78, 5) is 20.6. The molecule has 5 heteroatoms. The summed E-state index contributed by atoms with van der Waals surface area (Å²) < 4.78 is 0. The van der Waals surface area contributed by atoms with Crippen LogP contribution in [0.2, 0.25) is 9.88 Å². The fourth-order valence-electron chi connectivity index (χ4n) is 1.67. The molecule has 21 heavy (non-hydrogen) atoms. The van der Waals surface area contributed by atoms with Gasteiger partial charge in [0.25, 0.3) is 0 Å². The number of hydrogen-bond donors (Lipinski definition) is 0. The van der Waals surface area contributed by atoms with E-state index in [0.29, 0.717) is 0 Å². The van der Waals surface area contributed by atoms with Crippen molar-refractivity contribution in [3.8, 4) is 0 Å². The van der Waals surface area contributed by atoms with Crippen molar-refractivity contribution in [2.45, 2.75) is 9.88 Å². The molecular weight excluding hydrogens is 367 g/mol. The van der Waals surface area contributed by atoms with Crippen LogP contribution in [0.4, 0.5) is 0 Å². The fraction of sp³-hybridized carbons (Fsp3) is 0.125. The van der Waals surface area contributed by atoms with E-state index in [1.807, 2.05) is 48.5 Å². The van der Waals surface area contributed by atoms with Crippen molar-refractivity contribution in [2.75, 3.05) is 0 Å². The molecule has 2 aromatic carbocycles. The molecule has 4 nitrogen and oxygen atoms in total. The van der Waals surface area contributed by atoms with Crippen LogP contribution in [0.3, 0.4) is 0 Å². The maximum atomic E-state index is 4.01. The molecule has 104 valence electrons. The molecule has 0 atom stereocenters. The van der Waals surface area contributed by atoms with Gasteiger partial charge in [0, 0.05) is 0 Å². The first-order valence-corrected chi connectivity index (χ1v) is 12.3. The van der Waals surface area contributed by atoms with Gasteiger partial charge < -0.3 is 19.9 Å². The van der Waals surface area contributed by atoms with Gasteiger partial charge in [-0.05, 0) is 22.1 Å². The van der Waals surface area contributed by atoms with Crippen molar-refractivity contribution in [3.63, 3.8) is 0 Å². The van der Waals surface area contributed by atoms with Crippen LogP contribution >= 0.6 is 0 Å². The number of imidazole rings is 2. The Balaban J connectivity index is 0.000000130. The summed E-state index contributed by atoms with van der Waals surface area (Å²) in [7, 11) is 0. The molecule has 0 radical (unpaired) electrons. The van der Waals surface area contributed by atoms with E-state index in [4.69, 9.17) is 0 Å². The zero-order valence-corrected chi connectivity index (χ0v) is 14.9. The van der Waals surface area contributed by atoms with Crippen LogP contribution in [0.1, 0.15) is 0 Å². The van der Waals surface area contributed by atoms with Crippen molar-refractivity contribution in [1.29, 1.82) is 0 Å². The Kier molecular flexibility index (Phi) is 6.27. The average molecular weight is 383 g/mol. The molecule has 0 bridgehead atoms. The molecule has 4 rings (SSSR count). The van der Waals surface area contributed by atoms with E-state index in [1.54, 1.807) is 12.7 Å². The summed E-state index contributed by atoms with van der Waals surface area (Å²) in [5.41, 5.74) is 3.88. The van der Waals surface area contributed by atoms with Crippen LogP contribution in [0.5, 0.6) is 0 Å². The van der Waals surface area contributed by atoms with Gasteiger partial charge in [-0.1, -0.05) is 61.2 Å². The summed E-state index contributed by atoms with van der Waals surface area (Å²) >= 11 is 0.230. The average Bonchev–Trinajstić information content (AvgIpc) is 3.17. The Labute approximate surface area is 134 Å². The first-order chi connectivity index (χ1) is 10.3. The molecule has 0 spiro atoms. The molecular formula is C16H16N4Sn. The van der Waals surface area contributed by atoms with E-state index < -0.39 is 0 Å². The molecule has 0 unspecified atom stereocenters. The Morgan fingerprint density at radius 2 is 1.10 bits per heavy atom. The summed E-state index contributed by atoms with van der Waals surface area (Å²) in [6.45, 7) is 0. The van der Waals surface area contributed by atoms with Gasteiger partial charge in [-0.2, -0.15) is 0 Å². The van der Waals surface area contributed by atoms with Crippen molar-refractivity contribution in [1.82, 2.24) is 19.9 Å². The van der Waals surface area contributed by atoms with Crippen LogP contribution in [0.25, 0.3) is 22.1 Å². The van der Waals surface area contributed by atoms with Crippen LogP contribution in [0.15, 0.2) is 61.2 Å². The number of para-hydroxylation sites is 4. The largest absolute Gasteiger partial charge is 0.443 e. The van der Waals surface area contributed by atoms with Crippen LogP contribution < -0.4 is 9.97 Å². The molecule has 0 fully saturated rings. The normalized spacial score (nSPS) is 9.24. The Hall–Kier alpha value is -1.82. The summed E-state index contributed by atoms with van der Waals surface area (Å²) in [6, 6.07) is 15.6. The molecule has 0 N–H and O–H groups in total. The number of benzene rings is 2. The third-order valence-electron chi connectivity index (χ3n) is 2.55. The van der Waals surface area contributed by atoms with Gasteiger partial charge >= 0.3 is 31.0 Å². The standard InChI is InChI=1S/2C7H5N2.2CH3.Sn/c2*1-2-4-7-6(3-1)8-5-9-7;;;/h2*1-5H;2*1H3;/q2*-1;;;+2. The summed E-state index contributed by atoms with van der Waals surface area (Å²) in [6.07, 6.45) is 3.15. The second-order valence-corrected chi connectivity index (χ2v) is 7.08. The molecule has 2 aromatic heterocycles. The minimum absolute atomic E-state index is 0.230. The van der Waals surface area contributed by atoms with Crippen LogP contribution in [-0.2, 0) is 0 Å². The van der Waals surface area contributed by atoms with Gasteiger partial charge in [-0.3, -0.25) is 0 Å². The minimum Gasteiger partial charge on any atom is -0.443 e. The van der Waals surface area contributed by atoms with Gasteiger partial charge in [-0.25, -0.2) is 0 Å². The monoisotopic (exact) mass is 384 g/mol. The third kappa shape index (κ3) is 4.60. The Bertz CT molecular complexity index is 649. The molecule has 0 saturated heterocycles. The van der Waals surface area contributed by atoms with Gasteiger partial charge in [0.15, 0.2) is 0 Å². The molecule has 2 heterocycles. The quantitative estimate of drug-likeness (QED) is 0.438. The van der Waals surface area contributed by atoms with Gasteiger partial charge in [0.05, 0.1) is 0 Å². The molecule has 0 amide bonds. The van der Waals surface area contributed by atoms with Gasteiger partial charge in [0.2, 0.25) is 0 Å². The van der Waals surface area contributed by atoms with E-state index in [9.17, 15) is 0 Å². The first kappa shape index (κ1) is 15.6. The number of hydrogen-bond acceptors (Lipinski definition) is 2. The van der Waals surface area contributed by atoms with E-state index in [2.05, 4.69) is 29.8 Å². The summed E-state index contributed by atoms with van der Waals surface area (Å²) in [5, 5.41) is 0. The van der Waals surface area contributed by atoms with Gasteiger partial charge in [-0.15, -0.1) is 0 Å². The molecule has 0 aliphatic rings. The van der Waals surface area contributed by atoms with E-state index in [-0.39, 0.29) is 21.1 Å². The maximum Gasteiger partial charge on any atom is -0.0387 e. The van der Waals surface area contributed by atoms with E-state index in [1.165, 1.54) is 0 Å². The first-order valence-electron chi connectivity index (χ1n) is 6.58. The fourth-order valence-corrected chi connectivity index (χ4v) is 1.67. The number of rotatable bonds is 0. The van der Waals surface area contributed by atoms with E-state index >= 15 is 0 Å². The second kappa shape index (κ2) is 8.46. The number of aromatic nitrogens is 4. The van der Waals surface area contributed by atoms with Crippen molar-refractivity contribution >= 4 is 43.2 Å². The van der Waals surface area contributed by atoms with Crippen molar-refractivity contribution < 1.29 is 0 Å². The zero-order chi connectivity index (χ0) is 14.9. The Morgan fingerprint density at radius 3 is 1.48 bits per heavy atom. The smallest absolute Gasteiger partial charge is 0.0387 e. The molecule has 0 aliphatic heterocycles. The SMILES string of the molecule is [CH3][Sn+2][CH3].c1ccc2[n-]cnc2c1.c1ccc2[n-]cnc2c1.